The van der Waals surface area contributed by atoms with Gasteiger partial charge in [0.25, 0.3) is 0 Å². The molecule has 1 fully saturated rings. The summed E-state index contributed by atoms with van der Waals surface area (Å²) in [6.45, 7) is 3.20. The molecule has 168 valence electrons. The fraction of sp³-hybridized carbons (Fsp3) is 0.231. The molecular weight excluding hydrogens is 419 g/mol. The first-order chi connectivity index (χ1) is 16.2. The summed E-state index contributed by atoms with van der Waals surface area (Å²) < 4.78 is 25.3. The third-order valence-corrected chi connectivity index (χ3v) is 5.99. The van der Waals surface area contributed by atoms with Gasteiger partial charge in [-0.05, 0) is 42.0 Å². The van der Waals surface area contributed by atoms with E-state index in [4.69, 9.17) is 9.15 Å². The summed E-state index contributed by atoms with van der Waals surface area (Å²) in [4.78, 5) is 4.63. The fourth-order valence-electron chi connectivity index (χ4n) is 4.31. The maximum absolute atomic E-state index is 13.6. The minimum atomic E-state index is -0.269. The average molecular weight is 445 g/mol. The molecule has 6 nitrogen and oxygen atoms in total. The zero-order valence-corrected chi connectivity index (χ0v) is 18.4. The van der Waals surface area contributed by atoms with Crippen molar-refractivity contribution in [3.8, 4) is 17.2 Å². The van der Waals surface area contributed by atoms with Crippen molar-refractivity contribution in [2.75, 3.05) is 38.2 Å². The average Bonchev–Trinajstić information content (AvgIpc) is 3.36. The number of rotatable bonds is 6. The van der Waals surface area contributed by atoms with Crippen molar-refractivity contribution >= 4 is 5.69 Å². The van der Waals surface area contributed by atoms with Crippen LogP contribution in [0.2, 0.25) is 0 Å². The maximum Gasteiger partial charge on any atom is 0.247 e. The molecule has 0 spiro atoms. The molecule has 1 saturated heterocycles. The number of benzene rings is 3. The van der Waals surface area contributed by atoms with Crippen LogP contribution in [0.25, 0.3) is 11.5 Å². The second-order valence-corrected chi connectivity index (χ2v) is 7.96. The van der Waals surface area contributed by atoms with E-state index in [-0.39, 0.29) is 11.9 Å². The van der Waals surface area contributed by atoms with Crippen LogP contribution in [0.3, 0.4) is 0 Å². The van der Waals surface area contributed by atoms with Gasteiger partial charge in [0.2, 0.25) is 11.8 Å². The Morgan fingerprint density at radius 1 is 0.848 bits per heavy atom. The zero-order valence-electron chi connectivity index (χ0n) is 18.4. The van der Waals surface area contributed by atoms with Gasteiger partial charge in [-0.3, -0.25) is 4.90 Å². The van der Waals surface area contributed by atoms with E-state index >= 15 is 0 Å². The van der Waals surface area contributed by atoms with Gasteiger partial charge < -0.3 is 14.1 Å². The minimum Gasteiger partial charge on any atom is -0.495 e. The number of ether oxygens (including phenoxy) is 1. The first kappa shape index (κ1) is 21.2. The molecular formula is C26H25FN4O2. The summed E-state index contributed by atoms with van der Waals surface area (Å²) in [5, 5.41) is 8.67. The Labute approximate surface area is 192 Å². The van der Waals surface area contributed by atoms with Gasteiger partial charge in [0.1, 0.15) is 17.6 Å². The summed E-state index contributed by atoms with van der Waals surface area (Å²) in [7, 11) is 1.69. The Morgan fingerprint density at radius 2 is 1.55 bits per heavy atom. The lowest BCUT2D eigenvalue weighted by Crippen LogP contribution is -2.48. The SMILES string of the molecule is COc1ccccc1N1CCN([C@H](c2ccc(F)cc2)c2nnc(-c3ccccc3)o2)CC1. The highest BCUT2D eigenvalue weighted by atomic mass is 19.1. The number of halogens is 1. The second kappa shape index (κ2) is 9.42. The summed E-state index contributed by atoms with van der Waals surface area (Å²) >= 11 is 0. The van der Waals surface area contributed by atoms with Crippen molar-refractivity contribution in [2.45, 2.75) is 6.04 Å². The Kier molecular flexibility index (Phi) is 6.04. The Morgan fingerprint density at radius 3 is 2.27 bits per heavy atom. The van der Waals surface area contributed by atoms with Gasteiger partial charge in [0, 0.05) is 31.7 Å². The number of hydrogen-bond acceptors (Lipinski definition) is 6. The molecule has 2 heterocycles. The van der Waals surface area contributed by atoms with E-state index in [0.29, 0.717) is 11.8 Å². The molecule has 0 amide bonds. The van der Waals surface area contributed by atoms with Crippen molar-refractivity contribution < 1.29 is 13.5 Å². The van der Waals surface area contributed by atoms with Crippen molar-refractivity contribution in [3.63, 3.8) is 0 Å². The lowest BCUT2D eigenvalue weighted by atomic mass is 10.0. The van der Waals surface area contributed by atoms with Crippen LogP contribution >= 0.6 is 0 Å². The number of para-hydroxylation sites is 2. The van der Waals surface area contributed by atoms with Gasteiger partial charge in [0.05, 0.1) is 12.8 Å². The zero-order chi connectivity index (χ0) is 22.6. The molecule has 0 bridgehead atoms. The first-order valence-corrected chi connectivity index (χ1v) is 11.0. The second-order valence-electron chi connectivity index (χ2n) is 7.96. The fourth-order valence-corrected chi connectivity index (χ4v) is 4.31. The van der Waals surface area contributed by atoms with E-state index in [2.05, 4.69) is 26.1 Å². The van der Waals surface area contributed by atoms with E-state index in [1.807, 2.05) is 48.5 Å². The maximum atomic E-state index is 13.6. The summed E-state index contributed by atoms with van der Waals surface area (Å²) in [6.07, 6.45) is 0. The van der Waals surface area contributed by atoms with E-state index in [1.165, 1.54) is 12.1 Å². The van der Waals surface area contributed by atoms with Crippen LogP contribution < -0.4 is 9.64 Å². The van der Waals surface area contributed by atoms with E-state index < -0.39 is 0 Å². The van der Waals surface area contributed by atoms with Gasteiger partial charge in [0.15, 0.2) is 0 Å². The standard InChI is InChI=1S/C26H25FN4O2/c1-32-23-10-6-5-9-22(23)30-15-17-31(18-16-30)24(19-11-13-21(27)14-12-19)26-29-28-25(33-26)20-7-3-2-4-8-20/h2-14,24H,15-18H2,1H3/t24-/m1/s1. The van der Waals surface area contributed by atoms with E-state index in [1.54, 1.807) is 19.2 Å². The monoisotopic (exact) mass is 444 g/mol. The topological polar surface area (TPSA) is 54.6 Å². The highest BCUT2D eigenvalue weighted by Crippen LogP contribution is 2.33. The lowest BCUT2D eigenvalue weighted by molar-refractivity contribution is 0.187. The molecule has 5 rings (SSSR count). The number of anilines is 1. The van der Waals surface area contributed by atoms with Crippen LogP contribution in [0.1, 0.15) is 17.5 Å². The van der Waals surface area contributed by atoms with Gasteiger partial charge >= 0.3 is 0 Å². The predicted molar refractivity (Wildman–Crippen MR) is 125 cm³/mol. The molecule has 3 aromatic carbocycles. The Bertz CT molecular complexity index is 1190. The highest BCUT2D eigenvalue weighted by molar-refractivity contribution is 5.58. The van der Waals surface area contributed by atoms with Crippen LogP contribution in [-0.4, -0.2) is 48.4 Å². The molecule has 1 aromatic heterocycles. The number of hydrogen-bond donors (Lipinski definition) is 0. The molecule has 7 heteroatoms. The summed E-state index contributed by atoms with van der Waals surface area (Å²) in [5.74, 6) is 1.58. The number of piperazine rings is 1. The van der Waals surface area contributed by atoms with Crippen LogP contribution in [-0.2, 0) is 0 Å². The third-order valence-electron chi connectivity index (χ3n) is 5.99. The number of nitrogens with zero attached hydrogens (tertiary/aromatic N) is 4. The molecule has 0 N–H and O–H groups in total. The molecule has 33 heavy (non-hydrogen) atoms. The number of aromatic nitrogens is 2. The van der Waals surface area contributed by atoms with Crippen molar-refractivity contribution in [1.29, 1.82) is 0 Å². The van der Waals surface area contributed by atoms with E-state index in [9.17, 15) is 4.39 Å². The minimum absolute atomic E-state index is 0.254. The van der Waals surface area contributed by atoms with Crippen LogP contribution in [0.4, 0.5) is 10.1 Å². The highest BCUT2D eigenvalue weighted by Gasteiger charge is 2.31. The third kappa shape index (κ3) is 4.45. The molecule has 0 radical (unpaired) electrons. The molecule has 0 aliphatic carbocycles. The van der Waals surface area contributed by atoms with Crippen LogP contribution in [0.5, 0.6) is 5.75 Å². The normalized spacial score (nSPS) is 15.4. The lowest BCUT2D eigenvalue weighted by Gasteiger charge is -2.39. The first-order valence-electron chi connectivity index (χ1n) is 11.0. The van der Waals surface area contributed by atoms with Crippen LogP contribution in [0.15, 0.2) is 83.3 Å². The molecule has 4 aromatic rings. The Balaban J connectivity index is 1.42. The summed E-state index contributed by atoms with van der Waals surface area (Å²) in [5.41, 5.74) is 2.88. The largest absolute Gasteiger partial charge is 0.495 e. The Hall–Kier alpha value is -3.71. The number of methoxy groups -OCH3 is 1. The van der Waals surface area contributed by atoms with E-state index in [0.717, 1.165) is 48.7 Å². The van der Waals surface area contributed by atoms with Gasteiger partial charge in [-0.15, -0.1) is 10.2 Å². The molecule has 1 aliphatic rings. The van der Waals surface area contributed by atoms with Crippen molar-refractivity contribution in [3.05, 3.63) is 96.1 Å². The molecule has 0 unspecified atom stereocenters. The molecule has 0 saturated carbocycles. The summed E-state index contributed by atoms with van der Waals surface area (Å²) in [6, 6.07) is 24.0. The molecule has 1 atom stereocenters. The quantitative estimate of drug-likeness (QED) is 0.426. The van der Waals surface area contributed by atoms with Crippen LogP contribution in [0, 0.1) is 5.82 Å². The van der Waals surface area contributed by atoms with Gasteiger partial charge in [-0.1, -0.05) is 42.5 Å². The van der Waals surface area contributed by atoms with Crippen molar-refractivity contribution in [2.24, 2.45) is 0 Å². The van der Waals surface area contributed by atoms with Crippen molar-refractivity contribution in [1.82, 2.24) is 15.1 Å². The van der Waals surface area contributed by atoms with Gasteiger partial charge in [-0.25, -0.2) is 4.39 Å². The smallest absolute Gasteiger partial charge is 0.247 e. The van der Waals surface area contributed by atoms with Gasteiger partial charge in [-0.2, -0.15) is 0 Å². The molecule has 1 aliphatic heterocycles. The predicted octanol–water partition coefficient (Wildman–Crippen LogP) is 4.80.